The molecule has 2 rings (SSSR count). The second kappa shape index (κ2) is 10.8. The van der Waals surface area contributed by atoms with Crippen LogP contribution in [0.5, 0.6) is 0 Å². The van der Waals surface area contributed by atoms with E-state index >= 15 is 0 Å². The predicted molar refractivity (Wildman–Crippen MR) is 107 cm³/mol. The summed E-state index contributed by atoms with van der Waals surface area (Å²) in [5.74, 6) is -0.352. The van der Waals surface area contributed by atoms with Gasteiger partial charge in [0.05, 0.1) is 6.61 Å². The topological polar surface area (TPSA) is 105 Å². The van der Waals surface area contributed by atoms with Gasteiger partial charge in [-0.2, -0.15) is 4.31 Å². The molecular formula is C19H27N3O5S. The van der Waals surface area contributed by atoms with Crippen molar-refractivity contribution in [1.82, 2.24) is 14.9 Å². The third-order valence-electron chi connectivity index (χ3n) is 4.39. The van der Waals surface area contributed by atoms with Gasteiger partial charge >= 0.3 is 6.09 Å². The number of rotatable bonds is 8. The zero-order chi connectivity index (χ0) is 20.4. The number of sulfonamides is 1. The number of benzene rings is 1. The summed E-state index contributed by atoms with van der Waals surface area (Å²) >= 11 is 0. The van der Waals surface area contributed by atoms with E-state index in [9.17, 15) is 18.0 Å². The van der Waals surface area contributed by atoms with Gasteiger partial charge in [-0.1, -0.05) is 30.3 Å². The van der Waals surface area contributed by atoms with E-state index in [1.165, 1.54) is 9.71 Å². The molecule has 1 heterocycles. The Labute approximate surface area is 166 Å². The number of alkyl carbamates (subject to hydrolysis) is 1. The molecule has 0 aromatic heterocycles. The molecule has 8 nitrogen and oxygen atoms in total. The average molecular weight is 410 g/mol. The Morgan fingerprint density at radius 2 is 1.79 bits per heavy atom. The Balaban J connectivity index is 1.74. The van der Waals surface area contributed by atoms with Gasteiger partial charge in [0, 0.05) is 37.5 Å². The van der Waals surface area contributed by atoms with Gasteiger partial charge in [-0.25, -0.2) is 13.2 Å². The highest BCUT2D eigenvalue weighted by atomic mass is 32.2. The van der Waals surface area contributed by atoms with Crippen LogP contribution in [-0.4, -0.2) is 57.5 Å². The van der Waals surface area contributed by atoms with Crippen LogP contribution in [0.2, 0.25) is 0 Å². The van der Waals surface area contributed by atoms with E-state index < -0.39 is 16.1 Å². The summed E-state index contributed by atoms with van der Waals surface area (Å²) in [6.07, 6.45) is 1.99. The van der Waals surface area contributed by atoms with Crippen LogP contribution in [0.1, 0.15) is 25.3 Å². The minimum absolute atomic E-state index is 0.123. The smallest absolute Gasteiger partial charge is 0.407 e. The van der Waals surface area contributed by atoms with E-state index in [0.717, 1.165) is 5.56 Å². The lowest BCUT2D eigenvalue weighted by molar-refractivity contribution is -0.126. The molecule has 0 spiro atoms. The molecule has 154 valence electrons. The molecule has 1 fully saturated rings. The fourth-order valence-electron chi connectivity index (χ4n) is 2.86. The molecule has 0 unspecified atom stereocenters. The highest BCUT2D eigenvalue weighted by Gasteiger charge is 2.29. The second-order valence-corrected chi connectivity index (χ2v) is 8.19. The van der Waals surface area contributed by atoms with Gasteiger partial charge in [0.15, 0.2) is 0 Å². The van der Waals surface area contributed by atoms with Crippen molar-refractivity contribution < 1.29 is 22.7 Å². The Bertz CT molecular complexity index is 772. The number of piperidine rings is 1. The third kappa shape index (κ3) is 6.97. The molecule has 0 atom stereocenters. The fraction of sp³-hybridized carbons (Fsp3) is 0.474. The lowest BCUT2D eigenvalue weighted by atomic mass is 9.97. The van der Waals surface area contributed by atoms with E-state index in [4.69, 9.17) is 4.74 Å². The van der Waals surface area contributed by atoms with Crippen LogP contribution in [0.3, 0.4) is 0 Å². The molecule has 0 bridgehead atoms. The summed E-state index contributed by atoms with van der Waals surface area (Å²) in [6.45, 7) is 3.20. The van der Waals surface area contributed by atoms with Crippen LogP contribution in [0, 0.1) is 5.92 Å². The van der Waals surface area contributed by atoms with Crippen LogP contribution in [0.25, 0.3) is 6.08 Å². The SMILES string of the molecule is CCOC(=O)NCCNC(=O)C1CCN(S(=O)(=O)/C=C/c2ccccc2)CC1. The van der Waals surface area contributed by atoms with Gasteiger partial charge in [-0.3, -0.25) is 4.79 Å². The van der Waals surface area contributed by atoms with Gasteiger partial charge in [0.2, 0.25) is 15.9 Å². The van der Waals surface area contributed by atoms with Gasteiger partial charge in [-0.15, -0.1) is 0 Å². The quantitative estimate of drug-likeness (QED) is 0.634. The Hall–Kier alpha value is -2.39. The van der Waals surface area contributed by atoms with Crippen molar-refractivity contribution >= 4 is 28.1 Å². The molecule has 1 saturated heterocycles. The molecule has 0 radical (unpaired) electrons. The first-order chi connectivity index (χ1) is 13.4. The minimum atomic E-state index is -3.51. The lowest BCUT2D eigenvalue weighted by Gasteiger charge is -2.29. The van der Waals surface area contributed by atoms with Crippen molar-refractivity contribution in [3.63, 3.8) is 0 Å². The first kappa shape index (κ1) is 21.9. The number of nitrogens with one attached hydrogen (secondary N) is 2. The number of carbonyl (C=O) groups is 2. The number of amides is 2. The van der Waals surface area contributed by atoms with Gasteiger partial charge < -0.3 is 15.4 Å². The molecule has 1 aromatic carbocycles. The summed E-state index contributed by atoms with van der Waals surface area (Å²) in [4.78, 5) is 23.3. The summed E-state index contributed by atoms with van der Waals surface area (Å²) in [7, 11) is -3.51. The number of ether oxygens (including phenoxy) is 1. The van der Waals surface area contributed by atoms with Crippen LogP contribution in [0.15, 0.2) is 35.7 Å². The van der Waals surface area contributed by atoms with Gasteiger partial charge in [0.25, 0.3) is 0 Å². The third-order valence-corrected chi connectivity index (χ3v) is 5.95. The molecule has 1 aliphatic heterocycles. The van der Waals surface area contributed by atoms with Crippen LogP contribution >= 0.6 is 0 Å². The molecule has 0 saturated carbocycles. The molecule has 1 aliphatic rings. The number of nitrogens with zero attached hydrogens (tertiary/aromatic N) is 1. The minimum Gasteiger partial charge on any atom is -0.450 e. The maximum Gasteiger partial charge on any atom is 0.407 e. The predicted octanol–water partition coefficient (Wildman–Crippen LogP) is 1.56. The molecule has 0 aliphatic carbocycles. The summed E-state index contributed by atoms with van der Waals surface area (Å²) in [5, 5.41) is 6.50. The number of hydrogen-bond donors (Lipinski definition) is 2. The standard InChI is InChI=1S/C19H27N3O5S/c1-2-27-19(24)21-12-11-20-18(23)17-8-13-22(14-9-17)28(25,26)15-10-16-6-4-3-5-7-16/h3-7,10,15,17H,2,8-9,11-14H2,1H3,(H,20,23)(H,21,24)/b15-10+. The molecule has 2 N–H and O–H groups in total. The number of carbonyl (C=O) groups excluding carboxylic acids is 2. The zero-order valence-corrected chi connectivity index (χ0v) is 16.8. The Morgan fingerprint density at radius 3 is 2.43 bits per heavy atom. The van der Waals surface area contributed by atoms with Gasteiger partial charge in [-0.05, 0) is 31.4 Å². The monoisotopic (exact) mass is 409 g/mol. The molecule has 9 heteroatoms. The van der Waals surface area contributed by atoms with Crippen LogP contribution < -0.4 is 10.6 Å². The van der Waals surface area contributed by atoms with Crippen molar-refractivity contribution in [2.75, 3.05) is 32.8 Å². The van der Waals surface area contributed by atoms with Crippen LogP contribution in [0.4, 0.5) is 4.79 Å². The first-order valence-corrected chi connectivity index (χ1v) is 10.8. The Kier molecular flexibility index (Phi) is 8.46. The maximum atomic E-state index is 12.4. The fourth-order valence-corrected chi connectivity index (χ4v) is 4.08. The van der Waals surface area contributed by atoms with Gasteiger partial charge in [0.1, 0.15) is 0 Å². The lowest BCUT2D eigenvalue weighted by Crippen LogP contribution is -2.43. The van der Waals surface area contributed by atoms with E-state index in [-0.39, 0.29) is 18.4 Å². The number of hydrogen-bond acceptors (Lipinski definition) is 5. The van der Waals surface area contributed by atoms with E-state index in [0.29, 0.717) is 39.1 Å². The van der Waals surface area contributed by atoms with Crippen molar-refractivity contribution in [1.29, 1.82) is 0 Å². The van der Waals surface area contributed by atoms with Crippen LogP contribution in [-0.2, 0) is 19.6 Å². The van der Waals surface area contributed by atoms with Crippen molar-refractivity contribution in [3.8, 4) is 0 Å². The van der Waals surface area contributed by atoms with Crippen molar-refractivity contribution in [2.45, 2.75) is 19.8 Å². The molecule has 1 aromatic rings. The highest BCUT2D eigenvalue weighted by molar-refractivity contribution is 7.92. The Morgan fingerprint density at radius 1 is 1.14 bits per heavy atom. The molecular weight excluding hydrogens is 382 g/mol. The van der Waals surface area contributed by atoms with E-state index in [2.05, 4.69) is 10.6 Å². The maximum absolute atomic E-state index is 12.4. The average Bonchev–Trinajstić information content (AvgIpc) is 2.71. The van der Waals surface area contributed by atoms with E-state index in [1.54, 1.807) is 13.0 Å². The largest absolute Gasteiger partial charge is 0.450 e. The summed E-state index contributed by atoms with van der Waals surface area (Å²) in [6, 6.07) is 9.23. The van der Waals surface area contributed by atoms with Crippen molar-refractivity contribution in [2.24, 2.45) is 5.92 Å². The highest BCUT2D eigenvalue weighted by Crippen LogP contribution is 2.21. The summed E-state index contributed by atoms with van der Waals surface area (Å²) in [5.41, 5.74) is 0.816. The normalized spacial score (nSPS) is 16.0. The molecule has 2 amide bonds. The molecule has 28 heavy (non-hydrogen) atoms. The van der Waals surface area contributed by atoms with Crippen molar-refractivity contribution in [3.05, 3.63) is 41.3 Å². The summed E-state index contributed by atoms with van der Waals surface area (Å²) < 4.78 is 31.0. The zero-order valence-electron chi connectivity index (χ0n) is 16.0. The second-order valence-electron chi connectivity index (χ2n) is 6.37. The van der Waals surface area contributed by atoms with E-state index in [1.807, 2.05) is 30.3 Å². The first-order valence-electron chi connectivity index (χ1n) is 9.34.